The number of nitrogens with zero attached hydrogens (tertiary/aromatic N) is 1. The second kappa shape index (κ2) is 6.79. The number of ketones is 1. The first kappa shape index (κ1) is 19.6. The quantitative estimate of drug-likeness (QED) is 0.826. The number of hydrogen-bond donors (Lipinski definition) is 1. The van der Waals surface area contributed by atoms with Gasteiger partial charge in [-0.1, -0.05) is 24.3 Å². The highest BCUT2D eigenvalue weighted by Crippen LogP contribution is 2.46. The van der Waals surface area contributed by atoms with E-state index in [1.54, 1.807) is 27.0 Å². The van der Waals surface area contributed by atoms with E-state index in [0.29, 0.717) is 36.7 Å². The lowest BCUT2D eigenvalue weighted by atomic mass is 9.68. The van der Waals surface area contributed by atoms with Crippen LogP contribution < -0.4 is 0 Å². The molecule has 1 aliphatic carbocycles. The summed E-state index contributed by atoms with van der Waals surface area (Å²) in [4.78, 5) is 17.5. The zero-order chi connectivity index (χ0) is 19.9. The molecule has 0 saturated carbocycles. The molecule has 0 radical (unpaired) electrons. The van der Waals surface area contributed by atoms with Gasteiger partial charge >= 0.3 is 0 Å². The minimum atomic E-state index is -0.764. The van der Waals surface area contributed by atoms with Gasteiger partial charge in [0.1, 0.15) is 17.8 Å². The summed E-state index contributed by atoms with van der Waals surface area (Å²) in [6.45, 7) is 8.15. The Morgan fingerprint density at radius 1 is 1.30 bits per heavy atom. The molecule has 0 bridgehead atoms. The third-order valence-electron chi connectivity index (χ3n) is 5.23. The molecule has 3 rings (SSSR count). The minimum absolute atomic E-state index is 0.0709. The minimum Gasteiger partial charge on any atom is -0.499 e. The Morgan fingerprint density at radius 3 is 2.59 bits per heavy atom. The fourth-order valence-corrected chi connectivity index (χ4v) is 3.93. The molecule has 1 atom stereocenters. The molecule has 0 fully saturated rings. The average molecular weight is 371 g/mol. The van der Waals surface area contributed by atoms with Crippen molar-refractivity contribution in [3.63, 3.8) is 0 Å². The van der Waals surface area contributed by atoms with Gasteiger partial charge in [0.25, 0.3) is 0 Å². The first-order valence-corrected chi connectivity index (χ1v) is 9.45. The number of allylic oxidation sites excluding steroid dienone is 1. The van der Waals surface area contributed by atoms with Gasteiger partial charge in [-0.15, -0.1) is 0 Å². The molecule has 5 nitrogen and oxygen atoms in total. The molecule has 5 heteroatoms. The Hall–Kier alpha value is -2.14. The largest absolute Gasteiger partial charge is 0.499 e. The van der Waals surface area contributed by atoms with Crippen LogP contribution in [0.2, 0.25) is 0 Å². The number of rotatable bonds is 6. The molecule has 0 amide bonds. The summed E-state index contributed by atoms with van der Waals surface area (Å²) in [7, 11) is 1.58. The highest BCUT2D eigenvalue weighted by molar-refractivity contribution is 6.11. The van der Waals surface area contributed by atoms with E-state index in [2.05, 4.69) is 0 Å². The summed E-state index contributed by atoms with van der Waals surface area (Å²) in [5.41, 5.74) is -0.328. The van der Waals surface area contributed by atoms with Gasteiger partial charge in [-0.3, -0.25) is 4.79 Å². The van der Waals surface area contributed by atoms with Gasteiger partial charge in [-0.05, 0) is 52.5 Å². The van der Waals surface area contributed by atoms with E-state index in [9.17, 15) is 9.90 Å². The van der Waals surface area contributed by atoms with Crippen LogP contribution in [0.25, 0.3) is 0 Å². The highest BCUT2D eigenvalue weighted by atomic mass is 16.5. The van der Waals surface area contributed by atoms with Crippen molar-refractivity contribution in [1.82, 2.24) is 0 Å². The van der Waals surface area contributed by atoms with Crippen molar-refractivity contribution in [2.75, 3.05) is 13.7 Å². The Balaban J connectivity index is 2.16. The van der Waals surface area contributed by atoms with Crippen LogP contribution in [0.15, 0.2) is 41.1 Å². The predicted molar refractivity (Wildman–Crippen MR) is 105 cm³/mol. The Bertz CT molecular complexity index is 801. The summed E-state index contributed by atoms with van der Waals surface area (Å²) in [5.74, 6) is 1.08. The molecule has 146 valence electrons. The van der Waals surface area contributed by atoms with Gasteiger partial charge < -0.3 is 14.6 Å². The van der Waals surface area contributed by atoms with E-state index >= 15 is 0 Å². The van der Waals surface area contributed by atoms with Gasteiger partial charge in [0.2, 0.25) is 5.90 Å². The van der Waals surface area contributed by atoms with Crippen LogP contribution in [0.3, 0.4) is 0 Å². The van der Waals surface area contributed by atoms with Crippen molar-refractivity contribution in [2.45, 2.75) is 63.5 Å². The number of carbonyl (C=O) groups is 1. The first-order chi connectivity index (χ1) is 12.6. The van der Waals surface area contributed by atoms with Crippen molar-refractivity contribution < 1.29 is 19.4 Å². The summed E-state index contributed by atoms with van der Waals surface area (Å²) in [5, 5.41) is 10.2. The van der Waals surface area contributed by atoms with E-state index in [0.717, 1.165) is 12.0 Å². The average Bonchev–Trinajstić information content (AvgIpc) is 2.96. The van der Waals surface area contributed by atoms with E-state index in [1.807, 2.05) is 38.1 Å². The number of aliphatic hydroxyl groups is 1. The molecule has 1 N–H and O–H groups in total. The van der Waals surface area contributed by atoms with Gasteiger partial charge in [-0.25, -0.2) is 4.99 Å². The monoisotopic (exact) mass is 371 g/mol. The molecular formula is C22H29NO4. The molecule has 0 aromatic heterocycles. The Kier molecular flexibility index (Phi) is 4.93. The summed E-state index contributed by atoms with van der Waals surface area (Å²) >= 11 is 0. The number of ether oxygens (including phenoxy) is 2. The van der Waals surface area contributed by atoms with E-state index < -0.39 is 11.0 Å². The summed E-state index contributed by atoms with van der Waals surface area (Å²) in [6.07, 6.45) is 3.55. The Morgan fingerprint density at radius 2 is 2.00 bits per heavy atom. The normalized spacial score (nSPS) is 24.0. The number of carbonyl (C=O) groups excluding carboxylic acids is 1. The maximum atomic E-state index is 12.6. The van der Waals surface area contributed by atoms with E-state index in [1.165, 1.54) is 0 Å². The van der Waals surface area contributed by atoms with Gasteiger partial charge in [-0.2, -0.15) is 0 Å². The molecule has 1 heterocycles. The molecule has 1 aromatic carbocycles. The number of aliphatic imine (C=N–C) groups is 1. The number of fused-ring (bicyclic) bond motifs is 1. The third-order valence-corrected chi connectivity index (χ3v) is 5.23. The lowest BCUT2D eigenvalue weighted by Crippen LogP contribution is -2.43. The van der Waals surface area contributed by atoms with Crippen LogP contribution in [0, 0.1) is 0 Å². The molecule has 0 unspecified atom stereocenters. The fraction of sp³-hybridized carbons (Fsp3) is 0.545. The van der Waals surface area contributed by atoms with Crippen molar-refractivity contribution in [3.8, 4) is 0 Å². The zero-order valence-corrected chi connectivity index (χ0v) is 16.8. The third kappa shape index (κ3) is 3.65. The van der Waals surface area contributed by atoms with Crippen molar-refractivity contribution in [1.29, 1.82) is 0 Å². The van der Waals surface area contributed by atoms with Gasteiger partial charge in [0.15, 0.2) is 5.78 Å². The molecule has 27 heavy (non-hydrogen) atoms. The molecule has 0 spiro atoms. The van der Waals surface area contributed by atoms with Crippen molar-refractivity contribution in [2.24, 2.45) is 4.99 Å². The lowest BCUT2D eigenvalue weighted by Gasteiger charge is -2.38. The van der Waals surface area contributed by atoms with Crippen molar-refractivity contribution in [3.05, 3.63) is 47.2 Å². The second-order valence-corrected chi connectivity index (χ2v) is 8.71. The van der Waals surface area contributed by atoms with E-state index in [-0.39, 0.29) is 11.3 Å². The molecular weight excluding hydrogens is 342 g/mol. The first-order valence-electron chi connectivity index (χ1n) is 9.45. The predicted octanol–water partition coefficient (Wildman–Crippen LogP) is 3.80. The van der Waals surface area contributed by atoms with Crippen LogP contribution >= 0.6 is 0 Å². The maximum Gasteiger partial charge on any atom is 0.202 e. The van der Waals surface area contributed by atoms with Crippen LogP contribution in [0.1, 0.15) is 62.9 Å². The molecule has 0 saturated heterocycles. The van der Waals surface area contributed by atoms with Crippen LogP contribution in [-0.2, 0) is 14.9 Å². The SMILES string of the molecule is COC1=CC(=O)c2ccccc2[C@@]1(CCCC(C)(C)O)C1=NC(C)(C)CO1. The smallest absolute Gasteiger partial charge is 0.202 e. The van der Waals surface area contributed by atoms with Crippen LogP contribution in [0.5, 0.6) is 0 Å². The Labute approximate surface area is 161 Å². The van der Waals surface area contributed by atoms with Crippen LogP contribution in [0.4, 0.5) is 0 Å². The van der Waals surface area contributed by atoms with Crippen molar-refractivity contribution >= 4 is 11.7 Å². The molecule has 2 aliphatic rings. The molecule has 1 aliphatic heterocycles. The van der Waals surface area contributed by atoms with E-state index in [4.69, 9.17) is 14.5 Å². The van der Waals surface area contributed by atoms with Crippen LogP contribution in [-0.4, -0.2) is 41.6 Å². The van der Waals surface area contributed by atoms with Gasteiger partial charge in [0, 0.05) is 11.6 Å². The number of benzene rings is 1. The second-order valence-electron chi connectivity index (χ2n) is 8.71. The number of hydrogen-bond acceptors (Lipinski definition) is 5. The standard InChI is InChI=1S/C22H29NO4/c1-20(2)14-27-19(23-20)22(12-8-11-21(3,4)25)16-10-7-6-9-15(16)17(24)13-18(22)26-5/h6-7,9-10,13,25H,8,11-12,14H2,1-5H3/t22-/m1/s1. The lowest BCUT2D eigenvalue weighted by molar-refractivity contribution is 0.0658. The fourth-order valence-electron chi connectivity index (χ4n) is 3.93. The maximum absolute atomic E-state index is 12.6. The number of methoxy groups -OCH3 is 1. The summed E-state index contributed by atoms with van der Waals surface area (Å²) < 4.78 is 11.8. The highest BCUT2D eigenvalue weighted by Gasteiger charge is 2.51. The van der Waals surface area contributed by atoms with Gasteiger partial charge in [0.05, 0.1) is 18.2 Å². The topological polar surface area (TPSA) is 68.1 Å². The summed E-state index contributed by atoms with van der Waals surface area (Å²) in [6, 6.07) is 7.59. The zero-order valence-electron chi connectivity index (χ0n) is 16.8. The molecule has 1 aromatic rings.